The van der Waals surface area contributed by atoms with Crippen molar-refractivity contribution in [1.29, 1.82) is 0 Å². The summed E-state index contributed by atoms with van der Waals surface area (Å²) in [5, 5.41) is 15.7. The number of halogens is 1. The summed E-state index contributed by atoms with van der Waals surface area (Å²) in [5.74, 6) is 1.12. The zero-order valence-electron chi connectivity index (χ0n) is 17.2. The minimum Gasteiger partial charge on any atom is -0.492 e. The molecule has 170 valence electrons. The molecule has 0 aliphatic rings. The number of nitrogens with zero attached hydrogens (tertiary/aromatic N) is 2. The number of hydrogen-bond donors (Lipinski definition) is 4. The predicted molar refractivity (Wildman–Crippen MR) is 119 cm³/mol. The molecule has 0 aromatic heterocycles. The van der Waals surface area contributed by atoms with E-state index in [0.717, 1.165) is 5.56 Å². The van der Waals surface area contributed by atoms with E-state index >= 15 is 0 Å². The molecule has 0 aliphatic carbocycles. The van der Waals surface area contributed by atoms with Gasteiger partial charge in [0, 0.05) is 5.56 Å². The SMILES string of the molecule is COc1c(Br)cc(C=NN=C(N)NO)c(OC)c1OC.Cc1ccc(S(=O)(=O)O)cc1. The summed E-state index contributed by atoms with van der Waals surface area (Å²) in [5.41, 5.74) is 8.44. The third-order valence-electron chi connectivity index (χ3n) is 3.58. The highest BCUT2D eigenvalue weighted by Crippen LogP contribution is 2.44. The Labute approximate surface area is 188 Å². The molecule has 0 saturated heterocycles. The molecule has 0 fully saturated rings. The monoisotopic (exact) mass is 518 g/mol. The van der Waals surface area contributed by atoms with Gasteiger partial charge in [0.1, 0.15) is 0 Å². The van der Waals surface area contributed by atoms with Crippen molar-refractivity contribution < 1.29 is 32.4 Å². The van der Waals surface area contributed by atoms with Gasteiger partial charge in [0.15, 0.2) is 11.5 Å². The van der Waals surface area contributed by atoms with Gasteiger partial charge in [-0.25, -0.2) is 5.48 Å². The van der Waals surface area contributed by atoms with Crippen molar-refractivity contribution in [3.05, 3.63) is 45.9 Å². The van der Waals surface area contributed by atoms with Crippen molar-refractivity contribution in [2.45, 2.75) is 11.8 Å². The highest BCUT2D eigenvalue weighted by Gasteiger charge is 2.18. The lowest BCUT2D eigenvalue weighted by Crippen LogP contribution is -2.27. The number of aryl methyl sites for hydroxylation is 1. The highest BCUT2D eigenvalue weighted by atomic mass is 79.9. The van der Waals surface area contributed by atoms with E-state index in [1.165, 1.54) is 39.7 Å². The third kappa shape index (κ3) is 7.71. The number of ether oxygens (including phenoxy) is 3. The van der Waals surface area contributed by atoms with Crippen LogP contribution in [0.15, 0.2) is 49.9 Å². The number of guanidine groups is 1. The first-order chi connectivity index (χ1) is 14.6. The molecule has 0 saturated carbocycles. The maximum atomic E-state index is 10.5. The van der Waals surface area contributed by atoms with Crippen LogP contribution in [0.5, 0.6) is 17.2 Å². The first-order valence-electron chi connectivity index (χ1n) is 8.38. The van der Waals surface area contributed by atoms with E-state index in [1.807, 2.05) is 6.92 Å². The minimum atomic E-state index is -4.02. The normalized spacial score (nSPS) is 11.5. The predicted octanol–water partition coefficient (Wildman–Crippen LogP) is 2.34. The fourth-order valence-electron chi connectivity index (χ4n) is 2.18. The van der Waals surface area contributed by atoms with Gasteiger partial charge in [-0.3, -0.25) is 9.76 Å². The summed E-state index contributed by atoms with van der Waals surface area (Å²) in [4.78, 5) is -0.0666. The molecule has 0 amide bonds. The largest absolute Gasteiger partial charge is 0.492 e. The zero-order chi connectivity index (χ0) is 23.6. The van der Waals surface area contributed by atoms with Gasteiger partial charge in [0.2, 0.25) is 11.7 Å². The summed E-state index contributed by atoms with van der Waals surface area (Å²) in [7, 11) is 0.497. The number of rotatable bonds is 6. The molecule has 2 aromatic carbocycles. The summed E-state index contributed by atoms with van der Waals surface area (Å²) in [6, 6.07) is 7.71. The van der Waals surface area contributed by atoms with Gasteiger partial charge in [-0.2, -0.15) is 13.5 Å². The molecule has 0 spiro atoms. The van der Waals surface area contributed by atoms with E-state index in [4.69, 9.17) is 29.7 Å². The van der Waals surface area contributed by atoms with Gasteiger partial charge in [-0.05, 0) is 41.1 Å². The van der Waals surface area contributed by atoms with Gasteiger partial charge >= 0.3 is 0 Å². The van der Waals surface area contributed by atoms with E-state index in [2.05, 4.69) is 26.1 Å². The molecule has 0 unspecified atom stereocenters. The van der Waals surface area contributed by atoms with Crippen LogP contribution < -0.4 is 25.4 Å². The van der Waals surface area contributed by atoms with Crippen LogP contribution in [-0.2, 0) is 10.1 Å². The average Bonchev–Trinajstić information content (AvgIpc) is 2.73. The third-order valence-corrected chi connectivity index (χ3v) is 5.04. The molecule has 31 heavy (non-hydrogen) atoms. The molecule has 13 heteroatoms. The average molecular weight is 519 g/mol. The Kier molecular flexibility index (Phi) is 10.2. The molecule has 0 radical (unpaired) electrons. The van der Waals surface area contributed by atoms with E-state index in [1.54, 1.807) is 23.7 Å². The Hall–Kier alpha value is -2.87. The Bertz CT molecular complexity index is 1040. The minimum absolute atomic E-state index is 0.0666. The van der Waals surface area contributed by atoms with Crippen molar-refractivity contribution in [3.63, 3.8) is 0 Å². The Morgan fingerprint density at radius 1 is 1.10 bits per heavy atom. The molecule has 0 bridgehead atoms. The van der Waals surface area contributed by atoms with E-state index in [9.17, 15) is 8.42 Å². The summed E-state index contributed by atoms with van der Waals surface area (Å²) >= 11 is 3.36. The lowest BCUT2D eigenvalue weighted by atomic mass is 10.2. The zero-order valence-corrected chi connectivity index (χ0v) is 19.6. The molecule has 0 heterocycles. The molecule has 5 N–H and O–H groups in total. The smallest absolute Gasteiger partial charge is 0.294 e. The van der Waals surface area contributed by atoms with Gasteiger partial charge in [-0.15, -0.1) is 5.10 Å². The number of hydrogen-bond acceptors (Lipinski definition) is 8. The molecule has 11 nitrogen and oxygen atoms in total. The number of benzene rings is 2. The Morgan fingerprint density at radius 3 is 2.10 bits per heavy atom. The maximum absolute atomic E-state index is 10.5. The van der Waals surface area contributed by atoms with Crippen LogP contribution in [0.4, 0.5) is 0 Å². The number of nitrogens with two attached hydrogens (primary N) is 1. The van der Waals surface area contributed by atoms with Gasteiger partial charge in [-0.1, -0.05) is 17.7 Å². The lowest BCUT2D eigenvalue weighted by molar-refractivity contribution is 0.232. The van der Waals surface area contributed by atoms with Crippen LogP contribution in [-0.4, -0.2) is 51.7 Å². The first kappa shape index (κ1) is 26.2. The second-order valence-electron chi connectivity index (χ2n) is 5.68. The second kappa shape index (κ2) is 12.1. The van der Waals surface area contributed by atoms with E-state index in [-0.39, 0.29) is 10.9 Å². The van der Waals surface area contributed by atoms with E-state index in [0.29, 0.717) is 27.3 Å². The molecule has 2 aromatic rings. The molecule has 2 rings (SSSR count). The van der Waals surface area contributed by atoms with Crippen molar-refractivity contribution >= 4 is 38.2 Å². The Balaban J connectivity index is 0.000000367. The van der Waals surface area contributed by atoms with Crippen LogP contribution in [0.3, 0.4) is 0 Å². The fraction of sp³-hybridized carbons (Fsp3) is 0.222. The van der Waals surface area contributed by atoms with Gasteiger partial charge in [0.05, 0.1) is 36.9 Å². The van der Waals surface area contributed by atoms with Crippen molar-refractivity contribution in [2.75, 3.05) is 21.3 Å². The number of methoxy groups -OCH3 is 3. The summed E-state index contributed by atoms with van der Waals surface area (Å²) < 4.78 is 46.0. The highest BCUT2D eigenvalue weighted by molar-refractivity contribution is 9.10. The fourth-order valence-corrected chi connectivity index (χ4v) is 3.25. The quantitative estimate of drug-likeness (QED) is 0.194. The van der Waals surface area contributed by atoms with Crippen LogP contribution in [0.2, 0.25) is 0 Å². The number of hydroxylamine groups is 1. The number of nitrogens with one attached hydrogen (secondary N) is 1. The van der Waals surface area contributed by atoms with Crippen LogP contribution in [0.25, 0.3) is 0 Å². The van der Waals surface area contributed by atoms with Crippen LogP contribution >= 0.6 is 15.9 Å². The first-order valence-corrected chi connectivity index (χ1v) is 10.6. The second-order valence-corrected chi connectivity index (χ2v) is 7.95. The van der Waals surface area contributed by atoms with Gasteiger partial charge < -0.3 is 19.9 Å². The van der Waals surface area contributed by atoms with Crippen LogP contribution in [0.1, 0.15) is 11.1 Å². The van der Waals surface area contributed by atoms with Crippen molar-refractivity contribution in [3.8, 4) is 17.2 Å². The summed E-state index contributed by atoms with van der Waals surface area (Å²) in [6.07, 6.45) is 1.40. The van der Waals surface area contributed by atoms with Crippen molar-refractivity contribution in [2.24, 2.45) is 15.9 Å². The van der Waals surface area contributed by atoms with Crippen LogP contribution in [0, 0.1) is 6.92 Å². The maximum Gasteiger partial charge on any atom is 0.294 e. The Morgan fingerprint density at radius 2 is 1.65 bits per heavy atom. The lowest BCUT2D eigenvalue weighted by Gasteiger charge is -2.15. The topological polar surface area (TPSA) is 165 Å². The molecule has 0 atom stereocenters. The molecular weight excluding hydrogens is 496 g/mol. The van der Waals surface area contributed by atoms with Gasteiger partial charge in [0.25, 0.3) is 10.1 Å². The molecular formula is C18H23BrN4O7S. The van der Waals surface area contributed by atoms with Crippen molar-refractivity contribution in [1.82, 2.24) is 5.48 Å². The van der Waals surface area contributed by atoms with E-state index < -0.39 is 10.1 Å². The molecule has 0 aliphatic heterocycles. The standard InChI is InChI=1S/C11H15BrN4O4.C7H8O3S/c1-18-8-6(5-14-15-11(13)16-17)4-7(12)9(19-2)10(8)20-3;1-6-2-4-7(5-3-6)11(8,9)10/h4-5,17H,1-3H3,(H3,13,15,16);2-5H,1H3,(H,8,9,10). The summed E-state index contributed by atoms with van der Waals surface area (Å²) in [6.45, 7) is 1.84.